The van der Waals surface area contributed by atoms with Crippen LogP contribution >= 0.6 is 45.5 Å². The molecule has 0 aliphatic rings. The Bertz CT molecular complexity index is 58.6. The molecular weight excluding hydrogens is 680 g/mol. The smallest absolute Gasteiger partial charge is 0.616 e. The van der Waals surface area contributed by atoms with E-state index in [9.17, 15) is 0 Å². The second-order valence-electron chi connectivity index (χ2n) is 0.195. The van der Waals surface area contributed by atoms with Crippen LogP contribution in [0.25, 0.3) is 3.94 Å². The minimum Gasteiger partial charge on any atom is -0.616 e. The van der Waals surface area contributed by atoms with Crippen LogP contribution < -0.4 is 5.90 Å². The van der Waals surface area contributed by atoms with E-state index in [2.05, 4.69) is 14.7 Å². The van der Waals surface area contributed by atoms with E-state index in [0.717, 1.165) is 0 Å². The Kier molecular flexibility index (Phi) is 2060. The molecule has 0 bridgehead atoms. The van der Waals surface area contributed by atoms with Gasteiger partial charge in [0.2, 0.25) is 0 Å². The molecule has 6 heteroatoms. The zero-order valence-corrected chi connectivity index (χ0v) is 11.7. The summed E-state index contributed by atoms with van der Waals surface area (Å²) in [4.78, 5) is 3.82. The Morgan fingerprint density at radius 1 is 0.944 bits per heavy atom. The summed E-state index contributed by atoms with van der Waals surface area (Å²) >= 11 is 3.22. The molecule has 0 spiro atoms. The van der Waals surface area contributed by atoms with Gasteiger partial charge in [0.25, 0.3) is 0 Å². The predicted molar refractivity (Wildman–Crippen MR) is 116 cm³/mol. The van der Waals surface area contributed by atoms with Crippen molar-refractivity contribution >= 4 is 45.5 Å². The second kappa shape index (κ2) is 340. The van der Waals surface area contributed by atoms with Gasteiger partial charge >= 0.3 is 31.1 Å². The standard InChI is InChI=1S/CH3INO.11CH4.HIN.U/c2-1-4-3;;;;;;;;;;;;1-2;/h1H,3H2;11*1H4;2H;/q-1;;;;;;;;;;;;-1;+2/i1T;;;;;;;;;;;;;/hD. The van der Waals surface area contributed by atoms with Crippen molar-refractivity contribution < 1.29 is 38.7 Å². The summed E-state index contributed by atoms with van der Waals surface area (Å²) in [6, 6.07) is 0. The molecule has 0 saturated heterocycles. The maximum atomic E-state index is 6.38. The third-order valence-corrected chi connectivity index (χ3v) is 0.299. The average molecular weight is 731 g/mol. The van der Waals surface area contributed by atoms with E-state index in [1.807, 2.05) is 0 Å². The fraction of sp³-hybridized carbons (Fsp3) is 0.917. The van der Waals surface area contributed by atoms with Crippen molar-refractivity contribution in [3.8, 4) is 0 Å². The zero-order chi connectivity index (χ0) is 6.99. The van der Waals surface area contributed by atoms with Gasteiger partial charge in [0.05, 0.1) is 0 Å². The maximum Gasteiger partial charge on any atom is 2.00 e. The molecular formula is C12H48I2N2OU. The van der Waals surface area contributed by atoms with Gasteiger partial charge in [-0.1, -0.05) is 81.7 Å². The van der Waals surface area contributed by atoms with Gasteiger partial charge in [0.1, 0.15) is 0 Å². The predicted octanol–water partition coefficient (Wildman–Crippen LogP) is 8.82. The molecule has 0 radical (unpaired) electrons. The summed E-state index contributed by atoms with van der Waals surface area (Å²) in [7, 11) is 0. The fourth-order valence-corrected chi connectivity index (χ4v) is 0. The van der Waals surface area contributed by atoms with Crippen LogP contribution in [0.2, 0.25) is 1.41 Å². The molecule has 3 N–H and O–H groups in total. The van der Waals surface area contributed by atoms with Gasteiger partial charge in [-0.15, -0.1) is 6.00 Å². The van der Waals surface area contributed by atoms with E-state index < -0.39 is 0 Å². The van der Waals surface area contributed by atoms with Crippen LogP contribution in [0.5, 0.6) is 0 Å². The third kappa shape index (κ3) is 484. The Balaban J connectivity index is -0.00000000192. The van der Waals surface area contributed by atoms with Gasteiger partial charge in [0.15, 0.2) is 0 Å². The summed E-state index contributed by atoms with van der Waals surface area (Å²) in [5.41, 5.74) is 0. The Morgan fingerprint density at radius 3 is 1.00 bits per heavy atom. The van der Waals surface area contributed by atoms with Crippen LogP contribution in [0, 0.1) is 35.7 Å². The average Bonchev–Trinajstić information content (AvgIpc) is 1.69. The molecule has 0 rings (SSSR count). The molecule has 0 aromatic rings. The number of nitrogens with one attached hydrogen (secondary N) is 1. The monoisotopic (exact) mass is 731 g/mol. The molecule has 0 aliphatic carbocycles. The van der Waals surface area contributed by atoms with E-state index in [1.165, 1.54) is 0 Å². The van der Waals surface area contributed by atoms with E-state index in [4.69, 9.17) is 2.78 Å². The van der Waals surface area contributed by atoms with E-state index in [-0.39, 0.29) is 117 Å². The van der Waals surface area contributed by atoms with Crippen LogP contribution in [0.3, 0.4) is 0 Å². The first-order valence-corrected chi connectivity index (χ1v) is 2.84. The third-order valence-electron chi connectivity index (χ3n) is 0.0445. The van der Waals surface area contributed by atoms with E-state index in [0.29, 0.717) is 0 Å². The molecule has 0 amide bonds. The van der Waals surface area contributed by atoms with Crippen LogP contribution in [-0.2, 0) is 4.84 Å². The molecule has 18 heavy (non-hydrogen) atoms. The minimum absolute atomic E-state index is 0. The summed E-state index contributed by atoms with van der Waals surface area (Å²) in [6.07, 6.45) is 0. The first-order chi connectivity index (χ1) is 3.68. The number of hydrogen-bond acceptors (Lipinski definition) is 2. The van der Waals surface area contributed by atoms with Gasteiger partial charge in [-0.05, 0) is 0 Å². The Morgan fingerprint density at radius 2 is 1.00 bits per heavy atom. The summed E-state index contributed by atoms with van der Waals surface area (Å²) in [5.74, 6) is 4.44. The first kappa shape index (κ1) is 109. The molecule has 0 aliphatic heterocycles. The van der Waals surface area contributed by atoms with Crippen LogP contribution in [0.1, 0.15) is 83.1 Å². The quantitative estimate of drug-likeness (QED) is 0.167. The molecule has 0 fully saturated rings. The van der Waals surface area contributed by atoms with Crippen molar-refractivity contribution in [1.29, 1.82) is 0 Å². The maximum absolute atomic E-state index is 6.38. The molecule has 130 valence electrons. The Labute approximate surface area is 178 Å². The largest absolute Gasteiger partial charge is 2.00 e. The van der Waals surface area contributed by atoms with E-state index >= 15 is 0 Å². The van der Waals surface area contributed by atoms with Crippen molar-refractivity contribution in [2.24, 2.45) is 5.90 Å². The molecule has 0 saturated carbocycles. The summed E-state index contributed by atoms with van der Waals surface area (Å²) in [6.45, 7) is 0. The van der Waals surface area contributed by atoms with Gasteiger partial charge in [0, 0.05) is 0 Å². The normalized spacial score (nSPS) is 3.78. The van der Waals surface area contributed by atoms with Crippen molar-refractivity contribution in [2.75, 3.05) is 0 Å². The number of rotatable bonds is 1. The zero-order valence-electron chi connectivity index (χ0n) is 5.19. The molecule has 3 nitrogen and oxygen atoms in total. The van der Waals surface area contributed by atoms with Crippen molar-refractivity contribution in [3.05, 3.63) is 8.53 Å². The van der Waals surface area contributed by atoms with Crippen molar-refractivity contribution in [3.63, 3.8) is 0 Å². The molecule has 0 aromatic carbocycles. The molecule has 0 heterocycles. The van der Waals surface area contributed by atoms with Gasteiger partial charge in [-0.2, -0.15) is 1.37 Å². The summed E-state index contributed by atoms with van der Waals surface area (Å²) in [5, 5.41) is 0. The van der Waals surface area contributed by atoms with Crippen LogP contribution in [-0.4, -0.2) is 0 Å². The van der Waals surface area contributed by atoms with Crippen LogP contribution in [0.15, 0.2) is 0 Å². The van der Waals surface area contributed by atoms with Gasteiger partial charge in [-0.25, -0.2) is 22.9 Å². The van der Waals surface area contributed by atoms with Gasteiger partial charge < -0.3 is 8.78 Å². The summed E-state index contributed by atoms with van der Waals surface area (Å²) < 4.78 is 14.9. The van der Waals surface area contributed by atoms with Crippen molar-refractivity contribution in [2.45, 2.75) is 81.7 Å². The fourth-order valence-electron chi connectivity index (χ4n) is 0. The minimum atomic E-state index is 0. The molecule has 0 unspecified atom stereocenters. The van der Waals surface area contributed by atoms with Crippen molar-refractivity contribution in [1.82, 2.24) is 0 Å². The number of halogens is 2. The second-order valence-corrected chi connectivity index (χ2v) is 0.635. The molecule has 0 aromatic heterocycles. The topological polar surface area (TPSA) is 59.0 Å². The first-order valence-electron chi connectivity index (χ1n) is 1.75. The number of hydrogen-bond donors (Lipinski definition) is 1. The molecule has 0 atom stereocenters. The van der Waals surface area contributed by atoms with Gasteiger partial charge in [-0.3, -0.25) is 28.5 Å². The number of nitrogens with two attached hydrogens (primary N) is 1. The Hall–Kier alpha value is 2.39. The van der Waals surface area contributed by atoms with Crippen LogP contribution in [0.4, 0.5) is 0 Å². The SMILES string of the molecule is C.C.C.C.C.C.C.C.C.C.C.[2H][N-]I.[3H][C-](I)ON.[U+2]. The van der Waals surface area contributed by atoms with E-state index in [1.54, 1.807) is 45.5 Å².